The molecule has 1 aliphatic heterocycles. The van der Waals surface area contributed by atoms with E-state index in [1.54, 1.807) is 0 Å². The summed E-state index contributed by atoms with van der Waals surface area (Å²) in [6.45, 7) is 5.32. The van der Waals surface area contributed by atoms with Crippen LogP contribution in [0.1, 0.15) is 29.5 Å². The lowest BCUT2D eigenvalue weighted by atomic mass is 9.95. The topological polar surface area (TPSA) is 49.4 Å². The van der Waals surface area contributed by atoms with Crippen molar-refractivity contribution in [1.29, 1.82) is 0 Å². The average molecular weight is 350 g/mol. The van der Waals surface area contributed by atoms with Crippen LogP contribution in [0, 0.1) is 19.8 Å². The predicted octanol–water partition coefficient (Wildman–Crippen LogP) is 3.72. The maximum atomic E-state index is 12.6. The molecule has 1 fully saturated rings. The van der Waals surface area contributed by atoms with Gasteiger partial charge in [-0.3, -0.25) is 9.59 Å². The number of para-hydroxylation sites is 1. The van der Waals surface area contributed by atoms with Gasteiger partial charge in [-0.05, 0) is 49.4 Å². The Bertz CT molecular complexity index is 725. The van der Waals surface area contributed by atoms with Crippen molar-refractivity contribution in [3.63, 3.8) is 0 Å². The highest BCUT2D eigenvalue weighted by Gasteiger charge is 2.27. The number of carbonyl (C=O) groups excluding carboxylic acids is 2. The first kappa shape index (κ1) is 18.2. The van der Waals surface area contributed by atoms with Crippen LogP contribution in [0.25, 0.3) is 0 Å². The first-order valence-electron chi connectivity index (χ1n) is 9.23. The minimum Gasteiger partial charge on any atom is -0.342 e. The number of amides is 2. The summed E-state index contributed by atoms with van der Waals surface area (Å²) in [5, 5.41) is 3.03. The van der Waals surface area contributed by atoms with Crippen LogP contribution in [-0.4, -0.2) is 29.8 Å². The minimum atomic E-state index is -0.0304. The zero-order valence-electron chi connectivity index (χ0n) is 15.5. The molecule has 0 aromatic heterocycles. The molecule has 1 N–H and O–H groups in total. The molecule has 3 rings (SSSR count). The highest BCUT2D eigenvalue weighted by Crippen LogP contribution is 2.22. The molecule has 1 saturated heterocycles. The molecule has 0 unspecified atom stereocenters. The molecule has 0 saturated carbocycles. The highest BCUT2D eigenvalue weighted by atomic mass is 16.2. The molecule has 26 heavy (non-hydrogen) atoms. The number of anilines is 1. The third-order valence-electron chi connectivity index (χ3n) is 5.22. The summed E-state index contributed by atoms with van der Waals surface area (Å²) in [5.41, 5.74) is 4.16. The van der Waals surface area contributed by atoms with Crippen LogP contribution in [-0.2, 0) is 16.0 Å². The van der Waals surface area contributed by atoms with E-state index in [9.17, 15) is 9.59 Å². The van der Waals surface area contributed by atoms with Gasteiger partial charge < -0.3 is 10.2 Å². The number of hydrogen-bond acceptors (Lipinski definition) is 2. The molecule has 4 heteroatoms. The molecule has 2 aromatic rings. The molecule has 2 aromatic carbocycles. The van der Waals surface area contributed by atoms with Gasteiger partial charge in [0.1, 0.15) is 0 Å². The van der Waals surface area contributed by atoms with Gasteiger partial charge in [0.05, 0.1) is 6.42 Å². The average Bonchev–Trinajstić information content (AvgIpc) is 2.65. The highest BCUT2D eigenvalue weighted by molar-refractivity contribution is 5.93. The lowest BCUT2D eigenvalue weighted by molar-refractivity contribution is -0.133. The number of aryl methyl sites for hydroxylation is 2. The van der Waals surface area contributed by atoms with Crippen LogP contribution < -0.4 is 5.32 Å². The Kier molecular flexibility index (Phi) is 5.71. The number of rotatable bonds is 4. The summed E-state index contributed by atoms with van der Waals surface area (Å²) < 4.78 is 0. The summed E-state index contributed by atoms with van der Waals surface area (Å²) in [6, 6.07) is 15.8. The van der Waals surface area contributed by atoms with Crippen molar-refractivity contribution < 1.29 is 9.59 Å². The Morgan fingerprint density at radius 3 is 2.23 bits per heavy atom. The summed E-state index contributed by atoms with van der Waals surface area (Å²) in [6.07, 6.45) is 1.88. The number of nitrogens with zero attached hydrogens (tertiary/aromatic N) is 1. The molecule has 2 amide bonds. The molecular formula is C22H26N2O2. The first-order chi connectivity index (χ1) is 12.5. The molecule has 136 valence electrons. The van der Waals surface area contributed by atoms with Crippen molar-refractivity contribution in [2.24, 2.45) is 5.92 Å². The summed E-state index contributed by atoms with van der Waals surface area (Å²) in [7, 11) is 0. The van der Waals surface area contributed by atoms with E-state index in [1.165, 1.54) is 0 Å². The van der Waals surface area contributed by atoms with Gasteiger partial charge in [-0.25, -0.2) is 0 Å². The van der Waals surface area contributed by atoms with E-state index in [0.29, 0.717) is 19.5 Å². The van der Waals surface area contributed by atoms with E-state index in [1.807, 2.05) is 67.3 Å². The van der Waals surface area contributed by atoms with Gasteiger partial charge in [-0.2, -0.15) is 0 Å². The van der Waals surface area contributed by atoms with Gasteiger partial charge in [0.15, 0.2) is 0 Å². The lowest BCUT2D eigenvalue weighted by Crippen LogP contribution is -2.42. The van der Waals surface area contributed by atoms with Gasteiger partial charge in [0.25, 0.3) is 0 Å². The number of hydrogen-bond donors (Lipinski definition) is 1. The molecule has 1 heterocycles. The van der Waals surface area contributed by atoms with Crippen LogP contribution >= 0.6 is 0 Å². The summed E-state index contributed by atoms with van der Waals surface area (Å²) >= 11 is 0. The third kappa shape index (κ3) is 4.31. The minimum absolute atomic E-state index is 0.0304. The number of nitrogens with one attached hydrogen (secondary N) is 1. The molecule has 0 atom stereocenters. The second-order valence-corrected chi connectivity index (χ2v) is 7.06. The molecule has 0 radical (unpaired) electrons. The van der Waals surface area contributed by atoms with Gasteiger partial charge in [-0.1, -0.05) is 42.5 Å². The molecule has 0 aliphatic carbocycles. The van der Waals surface area contributed by atoms with E-state index in [-0.39, 0.29) is 17.7 Å². The fourth-order valence-electron chi connectivity index (χ4n) is 3.42. The van der Waals surface area contributed by atoms with E-state index in [2.05, 4.69) is 5.32 Å². The number of benzene rings is 2. The van der Waals surface area contributed by atoms with Crippen molar-refractivity contribution >= 4 is 17.5 Å². The number of piperidine rings is 1. The maximum Gasteiger partial charge on any atom is 0.227 e. The maximum absolute atomic E-state index is 12.6. The third-order valence-corrected chi connectivity index (χ3v) is 5.22. The van der Waals surface area contributed by atoms with Gasteiger partial charge in [0, 0.05) is 24.7 Å². The quantitative estimate of drug-likeness (QED) is 0.913. The van der Waals surface area contributed by atoms with Gasteiger partial charge in [-0.15, -0.1) is 0 Å². The predicted molar refractivity (Wildman–Crippen MR) is 104 cm³/mol. The number of carbonyl (C=O) groups is 2. The largest absolute Gasteiger partial charge is 0.342 e. The summed E-state index contributed by atoms with van der Waals surface area (Å²) in [4.78, 5) is 27.0. The Morgan fingerprint density at radius 2 is 1.58 bits per heavy atom. The van der Waals surface area contributed by atoms with Crippen molar-refractivity contribution in [2.75, 3.05) is 18.4 Å². The Morgan fingerprint density at radius 1 is 0.962 bits per heavy atom. The SMILES string of the molecule is Cc1ccccc1CC(=O)N1CCC(C(=O)Nc2ccccc2C)CC1. The second-order valence-electron chi connectivity index (χ2n) is 7.06. The number of likely N-dealkylation sites (tertiary alicyclic amines) is 1. The van der Waals surface area contributed by atoms with E-state index >= 15 is 0 Å². The molecule has 0 spiro atoms. The summed E-state index contributed by atoms with van der Waals surface area (Å²) in [5.74, 6) is 0.180. The zero-order chi connectivity index (χ0) is 18.5. The standard InChI is InChI=1S/C22H26N2O2/c1-16-7-3-5-9-19(16)15-21(25)24-13-11-18(12-14-24)22(26)23-20-10-6-4-8-17(20)2/h3-10,18H,11-15H2,1-2H3,(H,23,26). The Balaban J connectivity index is 1.52. The first-order valence-corrected chi connectivity index (χ1v) is 9.23. The van der Waals surface area contributed by atoms with E-state index in [0.717, 1.165) is 35.2 Å². The fourth-order valence-corrected chi connectivity index (χ4v) is 3.42. The molecule has 4 nitrogen and oxygen atoms in total. The van der Waals surface area contributed by atoms with Crippen LogP contribution in [0.15, 0.2) is 48.5 Å². The van der Waals surface area contributed by atoms with Crippen LogP contribution in [0.4, 0.5) is 5.69 Å². The Hall–Kier alpha value is -2.62. The second kappa shape index (κ2) is 8.17. The monoisotopic (exact) mass is 350 g/mol. The smallest absolute Gasteiger partial charge is 0.227 e. The van der Waals surface area contributed by atoms with E-state index < -0.39 is 0 Å². The lowest BCUT2D eigenvalue weighted by Gasteiger charge is -2.31. The zero-order valence-corrected chi connectivity index (χ0v) is 15.5. The normalized spacial score (nSPS) is 14.9. The van der Waals surface area contributed by atoms with Crippen LogP contribution in [0.2, 0.25) is 0 Å². The van der Waals surface area contributed by atoms with Gasteiger partial charge >= 0.3 is 0 Å². The van der Waals surface area contributed by atoms with Crippen molar-refractivity contribution in [3.05, 3.63) is 65.2 Å². The van der Waals surface area contributed by atoms with Crippen molar-refractivity contribution in [2.45, 2.75) is 33.1 Å². The fraction of sp³-hybridized carbons (Fsp3) is 0.364. The Labute approximate surface area is 155 Å². The van der Waals surface area contributed by atoms with E-state index in [4.69, 9.17) is 0 Å². The molecule has 1 aliphatic rings. The molecular weight excluding hydrogens is 324 g/mol. The van der Waals surface area contributed by atoms with Crippen LogP contribution in [0.5, 0.6) is 0 Å². The van der Waals surface area contributed by atoms with Gasteiger partial charge in [0.2, 0.25) is 11.8 Å². The van der Waals surface area contributed by atoms with Crippen LogP contribution in [0.3, 0.4) is 0 Å². The molecule has 0 bridgehead atoms. The van der Waals surface area contributed by atoms with Crippen molar-refractivity contribution in [1.82, 2.24) is 4.90 Å². The van der Waals surface area contributed by atoms with Crippen molar-refractivity contribution in [3.8, 4) is 0 Å².